The fourth-order valence-electron chi connectivity index (χ4n) is 2.43. The van der Waals surface area contributed by atoms with Crippen molar-refractivity contribution >= 4 is 0 Å². The van der Waals surface area contributed by atoms with E-state index in [2.05, 4.69) is 23.6 Å². The molecule has 1 aliphatic heterocycles. The second-order valence-corrected chi connectivity index (χ2v) is 4.75. The van der Waals surface area contributed by atoms with Crippen LogP contribution in [-0.4, -0.2) is 62.3 Å². The number of ether oxygens (including phenoxy) is 1. The van der Waals surface area contributed by atoms with Crippen molar-refractivity contribution in [2.24, 2.45) is 0 Å². The molecule has 0 bridgehead atoms. The molecular formula is C13H28N2O. The van der Waals surface area contributed by atoms with Gasteiger partial charge in [-0.25, -0.2) is 0 Å². The number of methoxy groups -OCH3 is 1. The molecule has 1 heterocycles. The summed E-state index contributed by atoms with van der Waals surface area (Å²) in [7, 11) is 1.79. The first-order chi connectivity index (χ1) is 7.81. The molecule has 0 N–H and O–H groups in total. The minimum absolute atomic E-state index is 0.737. The highest BCUT2D eigenvalue weighted by Gasteiger charge is 2.24. The zero-order chi connectivity index (χ0) is 11.8. The molecule has 16 heavy (non-hydrogen) atoms. The minimum atomic E-state index is 0.737. The number of hydrogen-bond donors (Lipinski definition) is 0. The Kier molecular flexibility index (Phi) is 7.01. The first-order valence-corrected chi connectivity index (χ1v) is 6.77. The van der Waals surface area contributed by atoms with E-state index in [1.807, 2.05) is 0 Å². The summed E-state index contributed by atoms with van der Waals surface area (Å²) in [6, 6.07) is 0.737. The molecule has 0 amide bonds. The Morgan fingerprint density at radius 2 is 2.00 bits per heavy atom. The highest BCUT2D eigenvalue weighted by molar-refractivity contribution is 4.81. The van der Waals surface area contributed by atoms with E-state index >= 15 is 0 Å². The zero-order valence-corrected chi connectivity index (χ0v) is 11.2. The van der Waals surface area contributed by atoms with Gasteiger partial charge in [-0.05, 0) is 19.4 Å². The molecule has 1 rings (SSSR count). The van der Waals surface area contributed by atoms with Crippen LogP contribution in [0.4, 0.5) is 0 Å². The third kappa shape index (κ3) is 4.40. The molecule has 0 radical (unpaired) electrons. The van der Waals surface area contributed by atoms with Gasteiger partial charge in [0.05, 0.1) is 6.61 Å². The van der Waals surface area contributed by atoms with Crippen LogP contribution in [0, 0.1) is 0 Å². The first-order valence-electron chi connectivity index (χ1n) is 6.77. The van der Waals surface area contributed by atoms with Gasteiger partial charge in [0.15, 0.2) is 0 Å². The van der Waals surface area contributed by atoms with Crippen LogP contribution in [0.5, 0.6) is 0 Å². The monoisotopic (exact) mass is 228 g/mol. The maximum absolute atomic E-state index is 5.17. The average Bonchev–Trinajstić information content (AvgIpc) is 2.34. The maximum atomic E-state index is 5.17. The van der Waals surface area contributed by atoms with Gasteiger partial charge in [-0.3, -0.25) is 4.90 Å². The Morgan fingerprint density at radius 3 is 2.62 bits per heavy atom. The highest BCUT2D eigenvalue weighted by atomic mass is 16.5. The van der Waals surface area contributed by atoms with Crippen LogP contribution in [0.25, 0.3) is 0 Å². The van der Waals surface area contributed by atoms with Crippen LogP contribution in [0.2, 0.25) is 0 Å². The fraction of sp³-hybridized carbons (Fsp3) is 1.00. The van der Waals surface area contributed by atoms with Gasteiger partial charge < -0.3 is 9.64 Å². The summed E-state index contributed by atoms with van der Waals surface area (Å²) in [5.41, 5.74) is 0. The molecule has 3 nitrogen and oxygen atoms in total. The number of unbranched alkanes of at least 4 members (excludes halogenated alkanes) is 1. The van der Waals surface area contributed by atoms with Crippen LogP contribution >= 0.6 is 0 Å². The summed E-state index contributed by atoms with van der Waals surface area (Å²) in [5, 5.41) is 0. The van der Waals surface area contributed by atoms with Crippen LogP contribution in [-0.2, 0) is 4.74 Å². The molecule has 0 aromatic heterocycles. The summed E-state index contributed by atoms with van der Waals surface area (Å²) in [4.78, 5) is 5.22. The topological polar surface area (TPSA) is 15.7 Å². The van der Waals surface area contributed by atoms with Crippen molar-refractivity contribution in [1.29, 1.82) is 0 Å². The second kappa shape index (κ2) is 8.04. The van der Waals surface area contributed by atoms with Gasteiger partial charge in [-0.15, -0.1) is 0 Å². The van der Waals surface area contributed by atoms with Crippen molar-refractivity contribution in [3.63, 3.8) is 0 Å². The number of nitrogens with zero attached hydrogens (tertiary/aromatic N) is 2. The molecule has 0 aliphatic carbocycles. The summed E-state index contributed by atoms with van der Waals surface area (Å²) in [5.74, 6) is 0. The normalized spacial score (nSPS) is 23.8. The van der Waals surface area contributed by atoms with Crippen LogP contribution < -0.4 is 0 Å². The number of hydrogen-bond acceptors (Lipinski definition) is 3. The number of rotatable bonds is 7. The van der Waals surface area contributed by atoms with E-state index < -0.39 is 0 Å². The molecule has 1 aliphatic rings. The summed E-state index contributed by atoms with van der Waals surface area (Å²) >= 11 is 0. The molecule has 0 saturated carbocycles. The van der Waals surface area contributed by atoms with Gasteiger partial charge in [-0.2, -0.15) is 0 Å². The van der Waals surface area contributed by atoms with E-state index in [-0.39, 0.29) is 0 Å². The van der Waals surface area contributed by atoms with Crippen LogP contribution in [0.15, 0.2) is 0 Å². The predicted molar refractivity (Wildman–Crippen MR) is 68.9 cm³/mol. The molecule has 3 heteroatoms. The van der Waals surface area contributed by atoms with E-state index in [1.54, 1.807) is 7.11 Å². The predicted octanol–water partition coefficient (Wildman–Crippen LogP) is 1.83. The van der Waals surface area contributed by atoms with E-state index in [4.69, 9.17) is 4.74 Å². The zero-order valence-electron chi connectivity index (χ0n) is 11.2. The molecule has 1 fully saturated rings. The van der Waals surface area contributed by atoms with Gasteiger partial charge in [0.25, 0.3) is 0 Å². The highest BCUT2D eigenvalue weighted by Crippen LogP contribution is 2.13. The molecule has 0 spiro atoms. The lowest BCUT2D eigenvalue weighted by Crippen LogP contribution is -2.53. The largest absolute Gasteiger partial charge is 0.383 e. The van der Waals surface area contributed by atoms with Crippen LogP contribution in [0.1, 0.15) is 33.1 Å². The smallest absolute Gasteiger partial charge is 0.0589 e. The van der Waals surface area contributed by atoms with E-state index in [0.717, 1.165) is 19.2 Å². The van der Waals surface area contributed by atoms with Crippen molar-refractivity contribution in [3.05, 3.63) is 0 Å². The average molecular weight is 228 g/mol. The second-order valence-electron chi connectivity index (χ2n) is 4.75. The molecule has 0 unspecified atom stereocenters. The molecule has 96 valence electrons. The summed E-state index contributed by atoms with van der Waals surface area (Å²) in [6.45, 7) is 11.5. The number of piperazine rings is 1. The summed E-state index contributed by atoms with van der Waals surface area (Å²) in [6.07, 6.45) is 3.90. The van der Waals surface area contributed by atoms with Crippen molar-refractivity contribution in [2.45, 2.75) is 39.2 Å². The Hall–Kier alpha value is -0.120. The van der Waals surface area contributed by atoms with Gasteiger partial charge in [0.1, 0.15) is 0 Å². The van der Waals surface area contributed by atoms with E-state index in [0.29, 0.717) is 0 Å². The van der Waals surface area contributed by atoms with Crippen LogP contribution in [0.3, 0.4) is 0 Å². The molecule has 0 aromatic rings. The van der Waals surface area contributed by atoms with Crippen molar-refractivity contribution < 1.29 is 4.74 Å². The van der Waals surface area contributed by atoms with Gasteiger partial charge in [0.2, 0.25) is 0 Å². The van der Waals surface area contributed by atoms with E-state index in [1.165, 1.54) is 45.4 Å². The quantitative estimate of drug-likeness (QED) is 0.661. The Morgan fingerprint density at radius 1 is 1.19 bits per heavy atom. The standard InChI is InChI=1S/C13H28N2O/c1-4-6-7-14-8-9-15(10-11-16-3)13(5-2)12-14/h13H,4-12H2,1-3H3/t13-/m1/s1. The SMILES string of the molecule is CCCCN1CCN(CCOC)[C@H](CC)C1. The first kappa shape index (κ1) is 13.9. The maximum Gasteiger partial charge on any atom is 0.0589 e. The van der Waals surface area contributed by atoms with Gasteiger partial charge in [0, 0.05) is 39.3 Å². The fourth-order valence-corrected chi connectivity index (χ4v) is 2.43. The van der Waals surface area contributed by atoms with Gasteiger partial charge in [-0.1, -0.05) is 20.3 Å². The third-order valence-electron chi connectivity index (χ3n) is 3.57. The van der Waals surface area contributed by atoms with Crippen molar-refractivity contribution in [1.82, 2.24) is 9.80 Å². The Balaban J connectivity index is 2.31. The lowest BCUT2D eigenvalue weighted by atomic mass is 10.1. The van der Waals surface area contributed by atoms with E-state index in [9.17, 15) is 0 Å². The van der Waals surface area contributed by atoms with Crippen molar-refractivity contribution in [2.75, 3.05) is 46.4 Å². The Labute approximate surface area is 101 Å². The molecular weight excluding hydrogens is 200 g/mol. The molecule has 0 aromatic carbocycles. The lowest BCUT2D eigenvalue weighted by Gasteiger charge is -2.41. The van der Waals surface area contributed by atoms with Gasteiger partial charge >= 0.3 is 0 Å². The molecule has 1 saturated heterocycles. The Bertz CT molecular complexity index is 175. The third-order valence-corrected chi connectivity index (χ3v) is 3.57. The molecule has 1 atom stereocenters. The minimum Gasteiger partial charge on any atom is -0.383 e. The van der Waals surface area contributed by atoms with Crippen molar-refractivity contribution in [3.8, 4) is 0 Å². The summed E-state index contributed by atoms with van der Waals surface area (Å²) < 4.78 is 5.17. The lowest BCUT2D eigenvalue weighted by molar-refractivity contribution is 0.0493.